The van der Waals surface area contributed by atoms with Crippen LogP contribution >= 0.6 is 0 Å². The lowest BCUT2D eigenvalue weighted by atomic mass is 9.82. The number of nitrogens with one attached hydrogen (secondary N) is 1. The van der Waals surface area contributed by atoms with E-state index in [1.54, 1.807) is 6.92 Å². The Morgan fingerprint density at radius 2 is 2.00 bits per heavy atom. The molecule has 2 atom stereocenters. The van der Waals surface area contributed by atoms with Crippen LogP contribution < -0.4 is 5.32 Å². The lowest BCUT2D eigenvalue weighted by Crippen LogP contribution is -2.54. The number of methoxy groups -OCH3 is 1. The van der Waals surface area contributed by atoms with Crippen molar-refractivity contribution in [3.63, 3.8) is 0 Å². The van der Waals surface area contributed by atoms with Crippen molar-refractivity contribution < 1.29 is 9.53 Å². The fourth-order valence-corrected chi connectivity index (χ4v) is 3.41. The first-order chi connectivity index (χ1) is 9.11. The van der Waals surface area contributed by atoms with Crippen LogP contribution in [-0.4, -0.2) is 49.7 Å². The first kappa shape index (κ1) is 14.5. The molecule has 2 aliphatic rings. The van der Waals surface area contributed by atoms with Gasteiger partial charge in [0.25, 0.3) is 0 Å². The number of nitrogens with zero attached hydrogens (tertiary/aromatic N) is 1. The van der Waals surface area contributed by atoms with Crippen molar-refractivity contribution in [2.24, 2.45) is 0 Å². The molecular weight excluding hydrogens is 240 g/mol. The number of carbonyl (C=O) groups is 1. The van der Waals surface area contributed by atoms with Gasteiger partial charge in [0.05, 0.1) is 7.11 Å². The van der Waals surface area contributed by atoms with E-state index in [-0.39, 0.29) is 5.97 Å². The summed E-state index contributed by atoms with van der Waals surface area (Å²) in [5.74, 6) is -0.234. The number of ether oxygens (including phenoxy) is 1. The zero-order valence-corrected chi connectivity index (χ0v) is 12.3. The van der Waals surface area contributed by atoms with Crippen LogP contribution in [0.3, 0.4) is 0 Å². The van der Waals surface area contributed by atoms with Crippen molar-refractivity contribution in [2.75, 3.05) is 20.7 Å². The van der Waals surface area contributed by atoms with Crippen molar-refractivity contribution in [3.8, 4) is 0 Å². The maximum atomic E-state index is 11.3. The molecule has 0 aromatic carbocycles. The number of carbonyl (C=O) groups excluding carboxylic acids is 1. The van der Waals surface area contributed by atoms with Crippen molar-refractivity contribution >= 4 is 5.97 Å². The Kier molecular flexibility index (Phi) is 4.99. The maximum absolute atomic E-state index is 11.3. The Labute approximate surface area is 116 Å². The SMILES string of the molecule is COC(=O)C(C)=CCNC1CC2CCCC(C1)N2C. The summed E-state index contributed by atoms with van der Waals surface area (Å²) in [5, 5.41) is 3.57. The van der Waals surface area contributed by atoms with E-state index in [2.05, 4.69) is 22.0 Å². The molecule has 108 valence electrons. The highest BCUT2D eigenvalue weighted by Crippen LogP contribution is 2.32. The van der Waals surface area contributed by atoms with Gasteiger partial charge in [0.1, 0.15) is 0 Å². The molecule has 4 nitrogen and oxygen atoms in total. The Morgan fingerprint density at radius 3 is 2.58 bits per heavy atom. The van der Waals surface area contributed by atoms with Crippen LogP contribution in [0.4, 0.5) is 0 Å². The molecule has 1 N–H and O–H groups in total. The third-order valence-corrected chi connectivity index (χ3v) is 4.66. The van der Waals surface area contributed by atoms with Crippen LogP contribution in [0.15, 0.2) is 11.6 Å². The Bertz CT molecular complexity index is 340. The van der Waals surface area contributed by atoms with Crippen LogP contribution in [0.2, 0.25) is 0 Å². The molecule has 0 aliphatic carbocycles. The second kappa shape index (κ2) is 6.53. The highest BCUT2D eigenvalue weighted by Gasteiger charge is 2.35. The number of hydrogen-bond acceptors (Lipinski definition) is 4. The summed E-state index contributed by atoms with van der Waals surface area (Å²) >= 11 is 0. The maximum Gasteiger partial charge on any atom is 0.333 e. The second-order valence-corrected chi connectivity index (χ2v) is 5.86. The molecule has 2 aliphatic heterocycles. The number of piperidine rings is 2. The molecule has 0 radical (unpaired) electrons. The number of esters is 1. The summed E-state index contributed by atoms with van der Waals surface area (Å²) in [6.45, 7) is 2.56. The molecule has 2 rings (SSSR count). The normalized spacial score (nSPS) is 32.2. The summed E-state index contributed by atoms with van der Waals surface area (Å²) in [5.41, 5.74) is 0.683. The Hall–Kier alpha value is -0.870. The van der Waals surface area contributed by atoms with Gasteiger partial charge in [-0.3, -0.25) is 0 Å². The topological polar surface area (TPSA) is 41.6 Å². The zero-order valence-electron chi connectivity index (χ0n) is 12.3. The van der Waals surface area contributed by atoms with Crippen molar-refractivity contribution in [1.82, 2.24) is 10.2 Å². The molecule has 2 bridgehead atoms. The van der Waals surface area contributed by atoms with E-state index in [0.29, 0.717) is 11.6 Å². The third-order valence-electron chi connectivity index (χ3n) is 4.66. The summed E-state index contributed by atoms with van der Waals surface area (Å²) < 4.78 is 4.69. The van der Waals surface area contributed by atoms with Crippen LogP contribution in [0.25, 0.3) is 0 Å². The average molecular weight is 266 g/mol. The molecule has 0 amide bonds. The lowest BCUT2D eigenvalue weighted by molar-refractivity contribution is -0.136. The van der Waals surface area contributed by atoms with Gasteiger partial charge in [0.15, 0.2) is 0 Å². The fourth-order valence-electron chi connectivity index (χ4n) is 3.41. The van der Waals surface area contributed by atoms with Crippen LogP contribution in [-0.2, 0) is 9.53 Å². The quantitative estimate of drug-likeness (QED) is 0.621. The summed E-state index contributed by atoms with van der Waals surface area (Å²) in [6.07, 6.45) is 8.45. The van der Waals surface area contributed by atoms with Gasteiger partial charge in [0, 0.05) is 30.2 Å². The van der Waals surface area contributed by atoms with E-state index in [1.807, 2.05) is 6.08 Å². The average Bonchev–Trinajstić information content (AvgIpc) is 2.38. The number of rotatable bonds is 4. The first-order valence-corrected chi connectivity index (χ1v) is 7.32. The van der Waals surface area contributed by atoms with E-state index in [4.69, 9.17) is 0 Å². The largest absolute Gasteiger partial charge is 0.466 e. The summed E-state index contributed by atoms with van der Waals surface area (Å²) in [7, 11) is 3.69. The second-order valence-electron chi connectivity index (χ2n) is 5.86. The van der Waals surface area contributed by atoms with Gasteiger partial charge in [-0.2, -0.15) is 0 Å². The molecule has 4 heteroatoms. The van der Waals surface area contributed by atoms with E-state index < -0.39 is 0 Å². The predicted molar refractivity (Wildman–Crippen MR) is 76.0 cm³/mol. The van der Waals surface area contributed by atoms with Gasteiger partial charge in [-0.15, -0.1) is 0 Å². The molecule has 2 saturated heterocycles. The van der Waals surface area contributed by atoms with E-state index in [9.17, 15) is 4.79 Å². The summed E-state index contributed by atoms with van der Waals surface area (Å²) in [6, 6.07) is 2.08. The van der Waals surface area contributed by atoms with E-state index in [1.165, 1.54) is 39.2 Å². The van der Waals surface area contributed by atoms with Crippen LogP contribution in [0.5, 0.6) is 0 Å². The van der Waals surface area contributed by atoms with Crippen LogP contribution in [0, 0.1) is 0 Å². The Morgan fingerprint density at radius 1 is 1.37 bits per heavy atom. The Balaban J connectivity index is 1.80. The fraction of sp³-hybridized carbons (Fsp3) is 0.800. The molecule has 0 spiro atoms. The summed E-state index contributed by atoms with van der Waals surface area (Å²) in [4.78, 5) is 13.8. The van der Waals surface area contributed by atoms with Gasteiger partial charge >= 0.3 is 5.97 Å². The molecule has 0 aromatic rings. The minimum atomic E-state index is -0.234. The number of hydrogen-bond donors (Lipinski definition) is 1. The lowest BCUT2D eigenvalue weighted by Gasteiger charge is -2.47. The molecular formula is C15H26N2O2. The smallest absolute Gasteiger partial charge is 0.333 e. The van der Waals surface area contributed by atoms with Crippen molar-refractivity contribution in [2.45, 2.75) is 57.2 Å². The highest BCUT2D eigenvalue weighted by molar-refractivity contribution is 5.87. The van der Waals surface area contributed by atoms with E-state index >= 15 is 0 Å². The highest BCUT2D eigenvalue weighted by atomic mass is 16.5. The molecule has 2 fully saturated rings. The minimum Gasteiger partial charge on any atom is -0.466 e. The van der Waals surface area contributed by atoms with Gasteiger partial charge in [-0.1, -0.05) is 12.5 Å². The predicted octanol–water partition coefficient (Wildman–Crippen LogP) is 1.71. The van der Waals surface area contributed by atoms with Gasteiger partial charge in [-0.25, -0.2) is 4.79 Å². The molecule has 2 heterocycles. The van der Waals surface area contributed by atoms with E-state index in [0.717, 1.165) is 18.6 Å². The monoisotopic (exact) mass is 266 g/mol. The van der Waals surface area contributed by atoms with Gasteiger partial charge in [-0.05, 0) is 39.7 Å². The molecule has 0 saturated carbocycles. The minimum absolute atomic E-state index is 0.234. The van der Waals surface area contributed by atoms with Crippen molar-refractivity contribution in [1.29, 1.82) is 0 Å². The molecule has 0 aromatic heterocycles. The standard InChI is InChI=1S/C15H26N2O2/c1-11(15(18)19-3)7-8-16-12-9-13-5-4-6-14(10-12)17(13)2/h7,12-14,16H,4-6,8-10H2,1-3H3. The van der Waals surface area contributed by atoms with Gasteiger partial charge in [0.2, 0.25) is 0 Å². The molecule has 19 heavy (non-hydrogen) atoms. The van der Waals surface area contributed by atoms with Gasteiger partial charge < -0.3 is 15.0 Å². The first-order valence-electron chi connectivity index (χ1n) is 7.32. The zero-order chi connectivity index (χ0) is 13.8. The van der Waals surface area contributed by atoms with Crippen molar-refractivity contribution in [3.05, 3.63) is 11.6 Å². The third kappa shape index (κ3) is 3.57. The molecule has 2 unspecified atom stereocenters. The van der Waals surface area contributed by atoms with Crippen LogP contribution in [0.1, 0.15) is 39.0 Å². The number of fused-ring (bicyclic) bond motifs is 2.